The zero-order valence-corrected chi connectivity index (χ0v) is 15.0. The van der Waals surface area contributed by atoms with E-state index in [1.165, 1.54) is 12.8 Å². The summed E-state index contributed by atoms with van der Waals surface area (Å²) < 4.78 is 16.7. The van der Waals surface area contributed by atoms with Crippen LogP contribution in [0, 0.1) is 5.92 Å². The highest BCUT2D eigenvalue weighted by molar-refractivity contribution is 5.84. The lowest BCUT2D eigenvalue weighted by Crippen LogP contribution is -2.40. The van der Waals surface area contributed by atoms with Crippen LogP contribution in [0.4, 0.5) is 0 Å². The largest absolute Gasteiger partial charge is 0.493 e. The topological polar surface area (TPSA) is 44.8 Å². The highest BCUT2D eigenvalue weighted by Gasteiger charge is 2.39. The maximum atomic E-state index is 12.4. The summed E-state index contributed by atoms with van der Waals surface area (Å²) in [6.07, 6.45) is 4.82. The van der Waals surface area contributed by atoms with Crippen molar-refractivity contribution >= 4 is 11.5 Å². The summed E-state index contributed by atoms with van der Waals surface area (Å²) in [5.41, 5.74) is 1.86. The normalized spacial score (nSPS) is 19.4. The summed E-state index contributed by atoms with van der Waals surface area (Å²) in [6.45, 7) is 8.59. The lowest BCUT2D eigenvalue weighted by molar-refractivity contribution is -0.153. The molecular formula is C20H28O4. The molecule has 0 aliphatic carbocycles. The van der Waals surface area contributed by atoms with E-state index in [0.717, 1.165) is 30.4 Å². The molecule has 1 aromatic rings. The van der Waals surface area contributed by atoms with Crippen LogP contribution in [0.2, 0.25) is 0 Å². The van der Waals surface area contributed by atoms with Crippen LogP contribution in [-0.4, -0.2) is 25.8 Å². The maximum Gasteiger partial charge on any atom is 0.347 e. The van der Waals surface area contributed by atoms with Gasteiger partial charge in [-0.1, -0.05) is 51.3 Å². The van der Waals surface area contributed by atoms with Crippen molar-refractivity contribution in [2.24, 2.45) is 5.92 Å². The number of hydrogen-bond donors (Lipinski definition) is 0. The number of carbonyl (C=O) groups is 1. The lowest BCUT2D eigenvalue weighted by Gasteiger charge is -2.34. The highest BCUT2D eigenvalue weighted by Crippen LogP contribution is 2.45. The summed E-state index contributed by atoms with van der Waals surface area (Å²) in [6, 6.07) is 5.72. The molecule has 0 unspecified atom stereocenters. The molecule has 0 fully saturated rings. The number of fused-ring (bicyclic) bond motifs is 1. The van der Waals surface area contributed by atoms with Gasteiger partial charge in [0.25, 0.3) is 0 Å². The maximum absolute atomic E-state index is 12.4. The Labute approximate surface area is 144 Å². The van der Waals surface area contributed by atoms with E-state index in [2.05, 4.69) is 13.5 Å². The molecule has 132 valence electrons. The van der Waals surface area contributed by atoms with Gasteiger partial charge in [-0.15, -0.1) is 0 Å². The highest BCUT2D eigenvalue weighted by atomic mass is 16.6. The molecule has 4 nitrogen and oxygen atoms in total. The van der Waals surface area contributed by atoms with Gasteiger partial charge >= 0.3 is 5.97 Å². The minimum Gasteiger partial charge on any atom is -0.493 e. The van der Waals surface area contributed by atoms with E-state index in [1.807, 2.05) is 18.2 Å². The fourth-order valence-corrected chi connectivity index (χ4v) is 3.20. The summed E-state index contributed by atoms with van der Waals surface area (Å²) in [5.74, 6) is 0.830. The average molecular weight is 332 g/mol. The van der Waals surface area contributed by atoms with E-state index < -0.39 is 6.10 Å². The Balaban J connectivity index is 2.27. The Morgan fingerprint density at radius 2 is 2.04 bits per heavy atom. The first kappa shape index (κ1) is 18.4. The van der Waals surface area contributed by atoms with Crippen molar-refractivity contribution in [1.29, 1.82) is 0 Å². The second-order valence-electron chi connectivity index (χ2n) is 6.11. The van der Waals surface area contributed by atoms with Crippen molar-refractivity contribution < 1.29 is 19.0 Å². The van der Waals surface area contributed by atoms with Crippen LogP contribution >= 0.6 is 0 Å². The van der Waals surface area contributed by atoms with E-state index in [9.17, 15) is 4.79 Å². The first-order valence-corrected chi connectivity index (χ1v) is 8.83. The first-order valence-electron chi connectivity index (χ1n) is 8.83. The molecule has 1 aliphatic heterocycles. The molecule has 24 heavy (non-hydrogen) atoms. The van der Waals surface area contributed by atoms with Gasteiger partial charge in [-0.3, -0.25) is 0 Å². The SMILES string of the molecule is C=C1c2cccc(OC)c2O[C@H](C(=O)OCC)[C@H]1CCCCCC. The van der Waals surface area contributed by atoms with Crippen molar-refractivity contribution in [2.45, 2.75) is 52.1 Å². The van der Waals surface area contributed by atoms with Crippen LogP contribution in [-0.2, 0) is 9.53 Å². The third-order valence-electron chi connectivity index (χ3n) is 4.49. The van der Waals surface area contributed by atoms with Crippen molar-refractivity contribution in [1.82, 2.24) is 0 Å². The minimum absolute atomic E-state index is 0.0551. The van der Waals surface area contributed by atoms with Crippen LogP contribution in [0.3, 0.4) is 0 Å². The van der Waals surface area contributed by atoms with E-state index in [4.69, 9.17) is 14.2 Å². The predicted molar refractivity (Wildman–Crippen MR) is 95.3 cm³/mol. The Hall–Kier alpha value is -1.97. The molecule has 0 N–H and O–H groups in total. The van der Waals surface area contributed by atoms with Gasteiger partial charge in [0.2, 0.25) is 6.10 Å². The molecule has 0 saturated heterocycles. The molecule has 0 spiro atoms. The predicted octanol–water partition coefficient (Wildman–Crippen LogP) is 4.62. The minimum atomic E-state index is -0.650. The van der Waals surface area contributed by atoms with Gasteiger partial charge in [0.05, 0.1) is 13.7 Å². The lowest BCUT2D eigenvalue weighted by atomic mass is 9.82. The monoisotopic (exact) mass is 332 g/mol. The number of rotatable bonds is 8. The van der Waals surface area contributed by atoms with Crippen LogP contribution in [0.1, 0.15) is 51.5 Å². The van der Waals surface area contributed by atoms with Gasteiger partial charge in [0.15, 0.2) is 11.5 Å². The van der Waals surface area contributed by atoms with Crippen molar-refractivity contribution in [3.05, 3.63) is 30.3 Å². The molecule has 1 aliphatic rings. The van der Waals surface area contributed by atoms with E-state index >= 15 is 0 Å². The number of methoxy groups -OCH3 is 1. The molecule has 0 bridgehead atoms. The molecule has 2 atom stereocenters. The van der Waals surface area contributed by atoms with E-state index in [0.29, 0.717) is 18.1 Å². The van der Waals surface area contributed by atoms with Crippen LogP contribution in [0.25, 0.3) is 5.57 Å². The fraction of sp³-hybridized carbons (Fsp3) is 0.550. The van der Waals surface area contributed by atoms with Crippen molar-refractivity contribution in [3.8, 4) is 11.5 Å². The van der Waals surface area contributed by atoms with Crippen LogP contribution < -0.4 is 9.47 Å². The molecule has 0 amide bonds. The third kappa shape index (κ3) is 3.92. The molecule has 0 saturated carbocycles. The second-order valence-corrected chi connectivity index (χ2v) is 6.11. The number of esters is 1. The molecule has 0 aromatic heterocycles. The average Bonchev–Trinajstić information content (AvgIpc) is 2.59. The van der Waals surface area contributed by atoms with Gasteiger partial charge in [-0.05, 0) is 25.0 Å². The number of benzene rings is 1. The zero-order valence-electron chi connectivity index (χ0n) is 15.0. The van der Waals surface area contributed by atoms with E-state index in [1.54, 1.807) is 14.0 Å². The summed E-state index contributed by atoms with van der Waals surface area (Å²) in [4.78, 5) is 12.4. The number of hydrogen-bond acceptors (Lipinski definition) is 4. The fourth-order valence-electron chi connectivity index (χ4n) is 3.20. The number of carbonyl (C=O) groups excluding carboxylic acids is 1. The Morgan fingerprint density at radius 1 is 1.25 bits per heavy atom. The number of ether oxygens (including phenoxy) is 3. The zero-order chi connectivity index (χ0) is 17.5. The molecular weight excluding hydrogens is 304 g/mol. The van der Waals surface area contributed by atoms with Crippen LogP contribution in [0.15, 0.2) is 24.8 Å². The first-order chi connectivity index (χ1) is 11.6. The van der Waals surface area contributed by atoms with Gasteiger partial charge in [0, 0.05) is 11.5 Å². The van der Waals surface area contributed by atoms with Crippen LogP contribution in [0.5, 0.6) is 11.5 Å². The standard InChI is InChI=1S/C20H28O4/c1-5-7-8-9-11-16-14(3)15-12-10-13-17(22-4)18(15)24-19(16)20(21)23-6-2/h10,12-13,16,19H,3,5-9,11H2,1-2,4H3/t16-,19-/m0/s1. The Kier molecular flexibility index (Phi) is 6.71. The van der Waals surface area contributed by atoms with Crippen molar-refractivity contribution in [2.75, 3.05) is 13.7 Å². The van der Waals surface area contributed by atoms with Gasteiger partial charge in [-0.2, -0.15) is 0 Å². The third-order valence-corrected chi connectivity index (χ3v) is 4.49. The summed E-state index contributed by atoms with van der Waals surface area (Å²) >= 11 is 0. The number of para-hydroxylation sites is 1. The molecule has 4 heteroatoms. The van der Waals surface area contributed by atoms with Gasteiger partial charge < -0.3 is 14.2 Å². The van der Waals surface area contributed by atoms with E-state index in [-0.39, 0.29) is 11.9 Å². The smallest absolute Gasteiger partial charge is 0.347 e. The quantitative estimate of drug-likeness (QED) is 0.515. The van der Waals surface area contributed by atoms with Gasteiger partial charge in [0.1, 0.15) is 0 Å². The van der Waals surface area contributed by atoms with Gasteiger partial charge in [-0.25, -0.2) is 4.79 Å². The molecule has 2 rings (SSSR count). The molecule has 1 heterocycles. The Morgan fingerprint density at radius 3 is 2.71 bits per heavy atom. The summed E-state index contributed by atoms with van der Waals surface area (Å²) in [7, 11) is 1.60. The number of unbranched alkanes of at least 4 members (excludes halogenated alkanes) is 3. The Bertz CT molecular complexity index is 579. The second kappa shape index (κ2) is 8.76. The van der Waals surface area contributed by atoms with Crippen molar-refractivity contribution in [3.63, 3.8) is 0 Å². The molecule has 1 aromatic carbocycles. The summed E-state index contributed by atoms with van der Waals surface area (Å²) in [5, 5.41) is 0. The molecule has 0 radical (unpaired) electrons.